The lowest BCUT2D eigenvalue weighted by Gasteiger charge is -2.27. The Kier molecular flexibility index (Phi) is 4.99. The summed E-state index contributed by atoms with van der Waals surface area (Å²) in [5.41, 5.74) is 0. The molecule has 2 N–H and O–H groups in total. The van der Waals surface area contributed by atoms with E-state index in [2.05, 4.69) is 11.2 Å². The fourth-order valence-electron chi connectivity index (χ4n) is 1.93. The van der Waals surface area contributed by atoms with Gasteiger partial charge in [0.05, 0.1) is 6.61 Å². The van der Waals surface area contributed by atoms with Crippen molar-refractivity contribution >= 4 is 6.09 Å². The van der Waals surface area contributed by atoms with E-state index in [0.717, 1.165) is 25.7 Å². The molecule has 0 spiro atoms. The third-order valence-electron chi connectivity index (χ3n) is 2.71. The summed E-state index contributed by atoms with van der Waals surface area (Å²) >= 11 is 0. The first-order valence-electron chi connectivity index (χ1n) is 5.23. The summed E-state index contributed by atoms with van der Waals surface area (Å²) in [4.78, 5) is 10.4. The highest BCUT2D eigenvalue weighted by atomic mass is 16.5. The molecule has 1 rings (SSSR count). The molecule has 0 unspecified atom stereocenters. The molecular formula is C11H17NO3. The van der Waals surface area contributed by atoms with Crippen molar-refractivity contribution < 1.29 is 14.6 Å². The molecule has 0 bridgehead atoms. The van der Waals surface area contributed by atoms with Crippen LogP contribution in [-0.4, -0.2) is 30.5 Å². The fourth-order valence-corrected chi connectivity index (χ4v) is 1.93. The van der Waals surface area contributed by atoms with Crippen molar-refractivity contribution in [2.75, 3.05) is 13.2 Å². The SMILES string of the molecule is C#CCOCC1CCC(NC(=O)O)CC1. The Morgan fingerprint density at radius 1 is 1.47 bits per heavy atom. The van der Waals surface area contributed by atoms with E-state index >= 15 is 0 Å². The second kappa shape index (κ2) is 6.31. The molecule has 4 nitrogen and oxygen atoms in total. The first kappa shape index (κ1) is 11.9. The Labute approximate surface area is 90.0 Å². The van der Waals surface area contributed by atoms with Crippen LogP contribution in [0.4, 0.5) is 4.79 Å². The Bertz CT molecular complexity index is 239. The largest absolute Gasteiger partial charge is 0.465 e. The lowest BCUT2D eigenvalue weighted by Crippen LogP contribution is -2.37. The van der Waals surface area contributed by atoms with Gasteiger partial charge < -0.3 is 15.2 Å². The topological polar surface area (TPSA) is 58.6 Å². The first-order valence-corrected chi connectivity index (χ1v) is 5.23. The van der Waals surface area contributed by atoms with Crippen LogP contribution in [0.3, 0.4) is 0 Å². The predicted octanol–water partition coefficient (Wildman–Crippen LogP) is 1.46. The highest BCUT2D eigenvalue weighted by Crippen LogP contribution is 2.24. The molecular weight excluding hydrogens is 194 g/mol. The number of amides is 1. The van der Waals surface area contributed by atoms with Gasteiger partial charge in [-0.15, -0.1) is 6.42 Å². The summed E-state index contributed by atoms with van der Waals surface area (Å²) in [7, 11) is 0. The third-order valence-corrected chi connectivity index (χ3v) is 2.71. The van der Waals surface area contributed by atoms with E-state index in [1.807, 2.05) is 0 Å². The van der Waals surface area contributed by atoms with Crippen molar-refractivity contribution in [2.24, 2.45) is 5.92 Å². The summed E-state index contributed by atoms with van der Waals surface area (Å²) in [6, 6.07) is 0.117. The Morgan fingerprint density at radius 3 is 2.67 bits per heavy atom. The van der Waals surface area contributed by atoms with Crippen molar-refractivity contribution in [3.63, 3.8) is 0 Å². The van der Waals surface area contributed by atoms with Crippen LogP contribution in [0.25, 0.3) is 0 Å². The standard InChI is InChI=1S/C11H17NO3/c1-2-7-15-8-9-3-5-10(6-4-9)12-11(13)14/h1,9-10,12H,3-8H2,(H,13,14). The monoisotopic (exact) mass is 211 g/mol. The maximum Gasteiger partial charge on any atom is 0.404 e. The van der Waals surface area contributed by atoms with Gasteiger partial charge in [-0.3, -0.25) is 0 Å². The molecule has 0 aliphatic heterocycles. The van der Waals surface area contributed by atoms with Crippen LogP contribution < -0.4 is 5.32 Å². The van der Waals surface area contributed by atoms with E-state index in [9.17, 15) is 4.79 Å². The number of carbonyl (C=O) groups is 1. The average Bonchev–Trinajstić information content (AvgIpc) is 2.20. The van der Waals surface area contributed by atoms with Gasteiger partial charge in [0.25, 0.3) is 0 Å². The van der Waals surface area contributed by atoms with Gasteiger partial charge in [0.15, 0.2) is 0 Å². The van der Waals surface area contributed by atoms with E-state index in [-0.39, 0.29) is 6.04 Å². The zero-order valence-electron chi connectivity index (χ0n) is 8.74. The normalized spacial score (nSPS) is 25.5. The van der Waals surface area contributed by atoms with E-state index in [4.69, 9.17) is 16.3 Å². The Morgan fingerprint density at radius 2 is 2.13 bits per heavy atom. The van der Waals surface area contributed by atoms with Gasteiger partial charge in [-0.05, 0) is 31.6 Å². The van der Waals surface area contributed by atoms with Crippen LogP contribution in [0.1, 0.15) is 25.7 Å². The number of terminal acetylenes is 1. The average molecular weight is 211 g/mol. The number of ether oxygens (including phenoxy) is 1. The maximum absolute atomic E-state index is 10.4. The summed E-state index contributed by atoms with van der Waals surface area (Å²) in [5, 5.41) is 11.1. The first-order chi connectivity index (χ1) is 7.22. The van der Waals surface area contributed by atoms with E-state index in [0.29, 0.717) is 19.1 Å². The smallest absolute Gasteiger partial charge is 0.404 e. The molecule has 0 saturated heterocycles. The molecule has 1 aliphatic rings. The molecule has 0 aromatic carbocycles. The molecule has 0 atom stereocenters. The number of carboxylic acid groups (broad SMARTS) is 1. The van der Waals surface area contributed by atoms with Gasteiger partial charge in [-0.25, -0.2) is 4.79 Å². The summed E-state index contributed by atoms with van der Waals surface area (Å²) in [6.45, 7) is 1.07. The van der Waals surface area contributed by atoms with Crippen LogP contribution in [0.15, 0.2) is 0 Å². The number of hydrogen-bond donors (Lipinski definition) is 2. The van der Waals surface area contributed by atoms with Gasteiger partial charge in [0, 0.05) is 6.04 Å². The molecule has 0 radical (unpaired) electrons. The third kappa shape index (κ3) is 4.71. The minimum atomic E-state index is -0.929. The van der Waals surface area contributed by atoms with Crippen molar-refractivity contribution in [3.8, 4) is 12.3 Å². The number of hydrogen-bond acceptors (Lipinski definition) is 2. The van der Waals surface area contributed by atoms with E-state index < -0.39 is 6.09 Å². The number of rotatable bonds is 4. The molecule has 1 fully saturated rings. The second-order valence-corrected chi connectivity index (χ2v) is 3.89. The summed E-state index contributed by atoms with van der Waals surface area (Å²) < 4.78 is 5.27. The molecule has 0 aromatic heterocycles. The molecule has 1 saturated carbocycles. The molecule has 84 valence electrons. The van der Waals surface area contributed by atoms with E-state index in [1.165, 1.54) is 0 Å². The Balaban J connectivity index is 2.13. The highest BCUT2D eigenvalue weighted by molar-refractivity contribution is 5.64. The molecule has 4 heteroatoms. The van der Waals surface area contributed by atoms with Crippen LogP contribution in [0.5, 0.6) is 0 Å². The van der Waals surface area contributed by atoms with Crippen LogP contribution in [0.2, 0.25) is 0 Å². The fraction of sp³-hybridized carbons (Fsp3) is 0.727. The lowest BCUT2D eigenvalue weighted by atomic mass is 9.86. The zero-order chi connectivity index (χ0) is 11.1. The second-order valence-electron chi connectivity index (χ2n) is 3.89. The summed E-state index contributed by atoms with van der Waals surface area (Å²) in [5.74, 6) is 2.96. The lowest BCUT2D eigenvalue weighted by molar-refractivity contribution is 0.102. The Hall–Kier alpha value is -1.21. The molecule has 15 heavy (non-hydrogen) atoms. The minimum Gasteiger partial charge on any atom is -0.465 e. The molecule has 0 aromatic rings. The number of nitrogens with one attached hydrogen (secondary N) is 1. The quantitative estimate of drug-likeness (QED) is 0.546. The van der Waals surface area contributed by atoms with Gasteiger partial charge in [0.2, 0.25) is 0 Å². The summed E-state index contributed by atoms with van der Waals surface area (Å²) in [6.07, 6.45) is 7.96. The van der Waals surface area contributed by atoms with Crippen molar-refractivity contribution in [3.05, 3.63) is 0 Å². The van der Waals surface area contributed by atoms with Gasteiger partial charge in [-0.2, -0.15) is 0 Å². The zero-order valence-corrected chi connectivity index (χ0v) is 8.74. The molecule has 1 aliphatic carbocycles. The predicted molar refractivity (Wildman–Crippen MR) is 56.6 cm³/mol. The van der Waals surface area contributed by atoms with Crippen LogP contribution in [-0.2, 0) is 4.74 Å². The minimum absolute atomic E-state index is 0.117. The van der Waals surface area contributed by atoms with Gasteiger partial charge in [-0.1, -0.05) is 5.92 Å². The maximum atomic E-state index is 10.4. The van der Waals surface area contributed by atoms with Gasteiger partial charge >= 0.3 is 6.09 Å². The molecule has 0 heterocycles. The van der Waals surface area contributed by atoms with Crippen molar-refractivity contribution in [2.45, 2.75) is 31.7 Å². The van der Waals surface area contributed by atoms with Gasteiger partial charge in [0.1, 0.15) is 6.61 Å². The van der Waals surface area contributed by atoms with Crippen LogP contribution >= 0.6 is 0 Å². The molecule has 1 amide bonds. The highest BCUT2D eigenvalue weighted by Gasteiger charge is 2.22. The van der Waals surface area contributed by atoms with Crippen molar-refractivity contribution in [1.29, 1.82) is 0 Å². The van der Waals surface area contributed by atoms with Crippen LogP contribution in [0, 0.1) is 18.3 Å². The van der Waals surface area contributed by atoms with E-state index in [1.54, 1.807) is 0 Å². The van der Waals surface area contributed by atoms with Crippen molar-refractivity contribution in [1.82, 2.24) is 5.32 Å².